The lowest BCUT2D eigenvalue weighted by atomic mass is 9.98. The number of carbonyl (C=O) groups excluding carboxylic acids is 2. The SMILES string of the molecule is O=CC(CNCc1cc(C(F)(F)F)nn1-c1cccc(Cl)c1)c1ccc(C(=O)Nc2ccccc2)c(F)c1. The number of aldehydes is 1. The Kier molecular flexibility index (Phi) is 8.23. The van der Waals surface area contributed by atoms with Crippen molar-refractivity contribution < 1.29 is 27.2 Å². The van der Waals surface area contributed by atoms with Crippen LogP contribution in [-0.2, 0) is 17.5 Å². The van der Waals surface area contributed by atoms with E-state index in [0.29, 0.717) is 28.2 Å². The molecular weight excluding hydrogens is 524 g/mol. The van der Waals surface area contributed by atoms with Crippen molar-refractivity contribution in [2.75, 3.05) is 11.9 Å². The van der Waals surface area contributed by atoms with Gasteiger partial charge < -0.3 is 15.4 Å². The highest BCUT2D eigenvalue weighted by Crippen LogP contribution is 2.30. The van der Waals surface area contributed by atoms with Gasteiger partial charge >= 0.3 is 6.18 Å². The van der Waals surface area contributed by atoms with Gasteiger partial charge in [-0.2, -0.15) is 18.3 Å². The van der Waals surface area contributed by atoms with Gasteiger partial charge in [0.05, 0.1) is 22.9 Å². The number of aromatic nitrogens is 2. The number of carbonyl (C=O) groups is 2. The van der Waals surface area contributed by atoms with Gasteiger partial charge in [0.15, 0.2) is 5.69 Å². The van der Waals surface area contributed by atoms with Crippen LogP contribution < -0.4 is 10.6 Å². The van der Waals surface area contributed by atoms with E-state index in [2.05, 4.69) is 15.7 Å². The fourth-order valence-electron chi connectivity index (χ4n) is 3.78. The van der Waals surface area contributed by atoms with Crippen LogP contribution in [0.25, 0.3) is 5.69 Å². The molecule has 0 radical (unpaired) electrons. The summed E-state index contributed by atoms with van der Waals surface area (Å²) in [5.41, 5.74) is 0.0572. The van der Waals surface area contributed by atoms with Gasteiger partial charge in [-0.05, 0) is 54.1 Å². The highest BCUT2D eigenvalue weighted by Gasteiger charge is 2.35. The van der Waals surface area contributed by atoms with Gasteiger partial charge in [0.1, 0.15) is 12.1 Å². The van der Waals surface area contributed by atoms with Crippen LogP contribution in [0.4, 0.5) is 23.2 Å². The predicted molar refractivity (Wildman–Crippen MR) is 135 cm³/mol. The number of hydrogen-bond donors (Lipinski definition) is 2. The number of hydrogen-bond acceptors (Lipinski definition) is 4. The van der Waals surface area contributed by atoms with E-state index in [1.807, 2.05) is 0 Å². The Balaban J connectivity index is 1.47. The number of rotatable bonds is 9. The summed E-state index contributed by atoms with van der Waals surface area (Å²) in [5, 5.41) is 9.53. The minimum atomic E-state index is -4.66. The molecule has 1 unspecified atom stereocenters. The van der Waals surface area contributed by atoms with Crippen molar-refractivity contribution in [1.29, 1.82) is 0 Å². The molecule has 0 aliphatic carbocycles. The zero-order valence-electron chi connectivity index (χ0n) is 19.7. The molecule has 4 rings (SSSR count). The minimum absolute atomic E-state index is 0.000571. The van der Waals surface area contributed by atoms with Crippen LogP contribution in [0.1, 0.15) is 33.2 Å². The molecule has 0 bridgehead atoms. The fourth-order valence-corrected chi connectivity index (χ4v) is 3.97. The van der Waals surface area contributed by atoms with E-state index in [1.165, 1.54) is 18.2 Å². The van der Waals surface area contributed by atoms with Gasteiger partial charge in [-0.15, -0.1) is 0 Å². The number of alkyl halides is 3. The van der Waals surface area contributed by atoms with Crippen molar-refractivity contribution >= 4 is 29.5 Å². The molecule has 1 aromatic heterocycles. The summed E-state index contributed by atoms with van der Waals surface area (Å²) in [6, 6.07) is 19.5. The summed E-state index contributed by atoms with van der Waals surface area (Å²) in [6.45, 7) is -0.0689. The van der Waals surface area contributed by atoms with E-state index in [0.717, 1.165) is 16.8 Å². The highest BCUT2D eigenvalue weighted by atomic mass is 35.5. The number of para-hydroxylation sites is 1. The second kappa shape index (κ2) is 11.6. The molecule has 0 fully saturated rings. The Bertz CT molecular complexity index is 1440. The maximum atomic E-state index is 14.7. The van der Waals surface area contributed by atoms with Gasteiger partial charge in [-0.25, -0.2) is 9.07 Å². The third-order valence-corrected chi connectivity index (χ3v) is 5.89. The first-order valence-electron chi connectivity index (χ1n) is 11.4. The maximum Gasteiger partial charge on any atom is 0.435 e. The standard InChI is InChI=1S/C27H21ClF4N4O2/c28-19-5-4-8-21(12-19)36-22(13-25(35-36)27(30,31)32)15-33-14-18(16-37)17-9-10-23(24(29)11-17)26(38)34-20-6-2-1-3-7-20/h1-13,16,18,33H,14-15H2,(H,34,38). The first kappa shape index (κ1) is 27.0. The lowest BCUT2D eigenvalue weighted by Crippen LogP contribution is -2.24. The van der Waals surface area contributed by atoms with Gasteiger partial charge in [-0.3, -0.25) is 4.79 Å². The van der Waals surface area contributed by atoms with Gasteiger partial charge in [0.2, 0.25) is 0 Å². The monoisotopic (exact) mass is 544 g/mol. The maximum absolute atomic E-state index is 14.7. The van der Waals surface area contributed by atoms with Crippen LogP contribution in [0, 0.1) is 5.82 Å². The first-order valence-corrected chi connectivity index (χ1v) is 11.8. The molecule has 3 aromatic carbocycles. The zero-order chi connectivity index (χ0) is 27.3. The summed E-state index contributed by atoms with van der Waals surface area (Å²) in [5.74, 6) is -2.27. The molecule has 38 heavy (non-hydrogen) atoms. The number of nitrogens with one attached hydrogen (secondary N) is 2. The topological polar surface area (TPSA) is 76.0 Å². The Morgan fingerprint density at radius 3 is 2.45 bits per heavy atom. The van der Waals surface area contributed by atoms with Crippen molar-refractivity contribution in [3.63, 3.8) is 0 Å². The molecule has 11 heteroatoms. The van der Waals surface area contributed by atoms with Crippen LogP contribution in [0.5, 0.6) is 0 Å². The third-order valence-electron chi connectivity index (χ3n) is 5.66. The van der Waals surface area contributed by atoms with Crippen LogP contribution >= 0.6 is 11.6 Å². The molecule has 1 heterocycles. The van der Waals surface area contributed by atoms with E-state index in [-0.39, 0.29) is 24.3 Å². The largest absolute Gasteiger partial charge is 0.435 e. The Morgan fingerprint density at radius 1 is 1.03 bits per heavy atom. The van der Waals surface area contributed by atoms with Crippen LogP contribution in [0.2, 0.25) is 5.02 Å². The van der Waals surface area contributed by atoms with E-state index >= 15 is 0 Å². The molecule has 2 N–H and O–H groups in total. The summed E-state index contributed by atoms with van der Waals surface area (Å²) in [4.78, 5) is 24.2. The lowest BCUT2D eigenvalue weighted by Gasteiger charge is -2.14. The summed E-state index contributed by atoms with van der Waals surface area (Å²) in [7, 11) is 0. The molecule has 4 aromatic rings. The van der Waals surface area contributed by atoms with E-state index in [1.54, 1.807) is 48.5 Å². The Hall–Kier alpha value is -4.02. The highest BCUT2D eigenvalue weighted by molar-refractivity contribution is 6.30. The van der Waals surface area contributed by atoms with Gasteiger partial charge in [0.25, 0.3) is 5.91 Å². The Labute approximate surface area is 220 Å². The normalized spacial score (nSPS) is 12.2. The second-order valence-corrected chi connectivity index (χ2v) is 8.78. The molecule has 0 saturated heterocycles. The number of anilines is 1. The molecule has 0 saturated carbocycles. The fraction of sp³-hybridized carbons (Fsp3) is 0.148. The number of halogens is 5. The minimum Gasteiger partial charge on any atom is -0.322 e. The van der Waals surface area contributed by atoms with Crippen molar-refractivity contribution in [3.8, 4) is 5.69 Å². The number of benzene rings is 3. The summed E-state index contributed by atoms with van der Waals surface area (Å²) in [6.07, 6.45) is -4.06. The summed E-state index contributed by atoms with van der Waals surface area (Å²) >= 11 is 5.99. The van der Waals surface area contributed by atoms with E-state index in [4.69, 9.17) is 11.6 Å². The second-order valence-electron chi connectivity index (χ2n) is 8.34. The van der Waals surface area contributed by atoms with Gasteiger partial charge in [0, 0.05) is 23.8 Å². The molecule has 6 nitrogen and oxygen atoms in total. The van der Waals surface area contributed by atoms with Crippen molar-refractivity contribution in [3.05, 3.63) is 112 Å². The van der Waals surface area contributed by atoms with E-state index < -0.39 is 29.5 Å². The van der Waals surface area contributed by atoms with Crippen LogP contribution in [0.3, 0.4) is 0 Å². The van der Waals surface area contributed by atoms with E-state index in [9.17, 15) is 27.2 Å². The summed E-state index contributed by atoms with van der Waals surface area (Å²) < 4.78 is 55.8. The molecule has 196 valence electrons. The number of amides is 1. The quantitative estimate of drug-likeness (QED) is 0.200. The number of nitrogens with zero attached hydrogens (tertiary/aromatic N) is 2. The van der Waals surface area contributed by atoms with Crippen molar-refractivity contribution in [2.24, 2.45) is 0 Å². The zero-order valence-corrected chi connectivity index (χ0v) is 20.4. The van der Waals surface area contributed by atoms with Crippen LogP contribution in [0.15, 0.2) is 78.9 Å². The lowest BCUT2D eigenvalue weighted by molar-refractivity contribution is -0.141. The first-order chi connectivity index (χ1) is 18.2. The molecule has 1 amide bonds. The van der Waals surface area contributed by atoms with Crippen molar-refractivity contribution in [2.45, 2.75) is 18.6 Å². The molecular formula is C27H21ClF4N4O2. The smallest absolute Gasteiger partial charge is 0.322 e. The molecule has 1 atom stereocenters. The third kappa shape index (κ3) is 6.45. The average molecular weight is 545 g/mol. The van der Waals surface area contributed by atoms with Gasteiger partial charge in [-0.1, -0.05) is 41.9 Å². The Morgan fingerprint density at radius 2 is 1.79 bits per heavy atom. The molecule has 0 aliphatic rings. The molecule has 0 spiro atoms. The van der Waals surface area contributed by atoms with Crippen molar-refractivity contribution in [1.82, 2.24) is 15.1 Å². The van der Waals surface area contributed by atoms with Crippen LogP contribution in [-0.4, -0.2) is 28.5 Å². The predicted octanol–water partition coefficient (Wildman–Crippen LogP) is 6.01. The molecule has 0 aliphatic heterocycles. The average Bonchev–Trinajstić information content (AvgIpc) is 3.32.